The third kappa shape index (κ3) is 5.58. The number of hydrogen-bond donors (Lipinski definition) is 1. The average Bonchev–Trinajstić information content (AvgIpc) is 2.82. The summed E-state index contributed by atoms with van der Waals surface area (Å²) in [4.78, 5) is 51.1. The number of esters is 4. The first-order valence-corrected chi connectivity index (χ1v) is 14.3. The van der Waals surface area contributed by atoms with Gasteiger partial charge in [0.15, 0.2) is 12.2 Å². The summed E-state index contributed by atoms with van der Waals surface area (Å²) in [5, 5.41) is 11.2. The van der Waals surface area contributed by atoms with Gasteiger partial charge in [-0.05, 0) is 42.7 Å². The van der Waals surface area contributed by atoms with Gasteiger partial charge in [-0.15, -0.1) is 0 Å². The van der Waals surface area contributed by atoms with Crippen molar-refractivity contribution in [1.29, 1.82) is 0 Å². The lowest BCUT2D eigenvalue weighted by molar-refractivity contribution is -0.228. The zero-order valence-electron chi connectivity index (χ0n) is 25.4. The van der Waals surface area contributed by atoms with E-state index in [9.17, 15) is 24.3 Å². The molecule has 0 amide bonds. The number of carbonyl (C=O) groups is 4. The van der Waals surface area contributed by atoms with Crippen LogP contribution < -0.4 is 0 Å². The molecule has 0 heterocycles. The van der Waals surface area contributed by atoms with E-state index in [4.69, 9.17) is 18.9 Å². The molecule has 3 aliphatic rings. The Morgan fingerprint density at radius 2 is 1.57 bits per heavy atom. The molecule has 1 N–H and O–H groups in total. The van der Waals surface area contributed by atoms with Crippen LogP contribution in [0.2, 0.25) is 0 Å². The highest BCUT2D eigenvalue weighted by atomic mass is 16.6. The molecule has 224 valence electrons. The Morgan fingerprint density at radius 1 is 1.00 bits per heavy atom. The molecular formula is C31H46O9. The van der Waals surface area contributed by atoms with E-state index in [1.54, 1.807) is 13.8 Å². The van der Waals surface area contributed by atoms with Gasteiger partial charge in [-0.2, -0.15) is 0 Å². The SMILES string of the molecule is C=C1[C@@H](O)C[C@H](OC(C)=O)[C@@]2(C)[C@@H](OC(C)=O)[C@H](OC(C)=O)C3=C(C)CC[C@@H]([C@@H](OC(=O)[C@H](C)CC)[C@H]12)C3(C)C. The van der Waals surface area contributed by atoms with Crippen molar-refractivity contribution in [2.75, 3.05) is 0 Å². The molecule has 0 aliphatic heterocycles. The van der Waals surface area contributed by atoms with Crippen molar-refractivity contribution in [3.63, 3.8) is 0 Å². The van der Waals surface area contributed by atoms with Gasteiger partial charge < -0.3 is 24.1 Å². The van der Waals surface area contributed by atoms with E-state index in [0.29, 0.717) is 24.8 Å². The Bertz CT molecular complexity index is 1090. The summed E-state index contributed by atoms with van der Waals surface area (Å²) in [6, 6.07) is 0. The first-order valence-electron chi connectivity index (χ1n) is 14.3. The minimum absolute atomic E-state index is 0.00587. The Kier molecular flexibility index (Phi) is 9.29. The first-order chi connectivity index (χ1) is 18.5. The van der Waals surface area contributed by atoms with E-state index in [-0.39, 0.29) is 24.2 Å². The van der Waals surface area contributed by atoms with Gasteiger partial charge in [0.2, 0.25) is 0 Å². The Morgan fingerprint density at radius 3 is 2.10 bits per heavy atom. The van der Waals surface area contributed by atoms with Crippen LogP contribution in [0.1, 0.15) is 88.0 Å². The highest BCUT2D eigenvalue weighted by Crippen LogP contribution is 2.61. The summed E-state index contributed by atoms with van der Waals surface area (Å²) in [6.07, 6.45) is -3.08. The fourth-order valence-electron chi connectivity index (χ4n) is 7.46. The van der Waals surface area contributed by atoms with Crippen LogP contribution in [0.5, 0.6) is 0 Å². The molecule has 2 saturated carbocycles. The molecule has 2 fully saturated rings. The number of hydrogen-bond acceptors (Lipinski definition) is 9. The van der Waals surface area contributed by atoms with Crippen molar-refractivity contribution < 1.29 is 43.2 Å². The molecule has 9 nitrogen and oxygen atoms in total. The number of aliphatic hydroxyl groups excluding tert-OH is 1. The lowest BCUT2D eigenvalue weighted by Crippen LogP contribution is -2.67. The summed E-state index contributed by atoms with van der Waals surface area (Å²) in [7, 11) is 0. The maximum Gasteiger partial charge on any atom is 0.308 e. The molecule has 40 heavy (non-hydrogen) atoms. The van der Waals surface area contributed by atoms with Crippen LogP contribution in [-0.4, -0.2) is 59.5 Å². The van der Waals surface area contributed by atoms with Gasteiger partial charge >= 0.3 is 23.9 Å². The minimum atomic E-state index is -1.29. The number of ether oxygens (including phenoxy) is 4. The second kappa shape index (κ2) is 11.7. The number of rotatable bonds is 6. The lowest BCUT2D eigenvalue weighted by atomic mass is 9.48. The normalized spacial score (nSPS) is 35.9. The second-order valence-corrected chi connectivity index (χ2v) is 12.6. The van der Waals surface area contributed by atoms with Crippen LogP contribution in [0.15, 0.2) is 23.3 Å². The van der Waals surface area contributed by atoms with Crippen molar-refractivity contribution in [1.82, 2.24) is 0 Å². The van der Waals surface area contributed by atoms with Crippen LogP contribution in [0.4, 0.5) is 0 Å². The summed E-state index contributed by atoms with van der Waals surface area (Å²) in [5.41, 5.74) is 0.246. The molecule has 0 spiro atoms. The Balaban J connectivity index is 2.44. The standard InChI is InChI=1S/C31H46O9/c1-11-15(2)29(36)40-26-21-13-12-16(3)24(30(21,8)9)27(38-19(6)33)28(39-20(7)34)31(10)23(37-18(5)32)14-22(35)17(4)25(26)31/h15,21-23,25-28,35H,4,11-14H2,1-3,5-10H3/t15-,21+,22+,23+,25+,26-,27-,28+,31-/m1/s1. The molecule has 0 aromatic heterocycles. The van der Waals surface area contributed by atoms with Gasteiger partial charge in [-0.3, -0.25) is 19.2 Å². The van der Waals surface area contributed by atoms with Crippen molar-refractivity contribution in [3.05, 3.63) is 23.3 Å². The van der Waals surface area contributed by atoms with Gasteiger partial charge in [0.05, 0.1) is 17.4 Å². The molecule has 0 aromatic rings. The topological polar surface area (TPSA) is 125 Å². The van der Waals surface area contributed by atoms with Crippen molar-refractivity contribution in [2.24, 2.45) is 28.6 Å². The zero-order chi connectivity index (χ0) is 30.3. The molecule has 0 radical (unpaired) electrons. The van der Waals surface area contributed by atoms with Gasteiger partial charge in [-0.25, -0.2) is 0 Å². The van der Waals surface area contributed by atoms with Crippen LogP contribution >= 0.6 is 0 Å². The summed E-state index contributed by atoms with van der Waals surface area (Å²) >= 11 is 0. The predicted octanol–water partition coefficient (Wildman–Crippen LogP) is 4.45. The van der Waals surface area contributed by atoms with Gasteiger partial charge in [0.1, 0.15) is 12.2 Å². The maximum absolute atomic E-state index is 13.4. The molecule has 0 unspecified atom stereocenters. The van der Waals surface area contributed by atoms with E-state index in [1.807, 2.05) is 27.7 Å². The fourth-order valence-corrected chi connectivity index (χ4v) is 7.46. The maximum atomic E-state index is 13.4. The molecular weight excluding hydrogens is 516 g/mol. The minimum Gasteiger partial charge on any atom is -0.462 e. The van der Waals surface area contributed by atoms with Crippen LogP contribution in [-0.2, 0) is 38.1 Å². The highest BCUT2D eigenvalue weighted by Gasteiger charge is 2.67. The fraction of sp³-hybridized carbons (Fsp3) is 0.742. The number of fused-ring (bicyclic) bond motifs is 3. The summed E-state index contributed by atoms with van der Waals surface area (Å²) in [5.74, 6) is -3.56. The van der Waals surface area contributed by atoms with Gasteiger partial charge in [0, 0.05) is 39.0 Å². The van der Waals surface area contributed by atoms with E-state index < -0.39 is 65.2 Å². The zero-order valence-corrected chi connectivity index (χ0v) is 25.4. The first kappa shape index (κ1) is 31.8. The van der Waals surface area contributed by atoms with Crippen molar-refractivity contribution in [3.8, 4) is 0 Å². The number of allylic oxidation sites excluding steroid dienone is 1. The largest absolute Gasteiger partial charge is 0.462 e. The predicted molar refractivity (Wildman–Crippen MR) is 147 cm³/mol. The highest BCUT2D eigenvalue weighted by molar-refractivity contribution is 5.72. The van der Waals surface area contributed by atoms with Crippen LogP contribution in [0.3, 0.4) is 0 Å². The molecule has 3 aliphatic carbocycles. The summed E-state index contributed by atoms with van der Waals surface area (Å²) < 4.78 is 24.3. The molecule has 3 rings (SSSR count). The molecule has 9 atom stereocenters. The van der Waals surface area contributed by atoms with E-state index in [2.05, 4.69) is 6.58 Å². The number of carbonyl (C=O) groups excluding carboxylic acids is 4. The van der Waals surface area contributed by atoms with Gasteiger partial charge in [-0.1, -0.05) is 46.8 Å². The van der Waals surface area contributed by atoms with Gasteiger partial charge in [0.25, 0.3) is 0 Å². The van der Waals surface area contributed by atoms with E-state index in [1.165, 1.54) is 20.8 Å². The van der Waals surface area contributed by atoms with Crippen LogP contribution in [0.25, 0.3) is 0 Å². The average molecular weight is 563 g/mol. The third-order valence-electron chi connectivity index (χ3n) is 9.60. The van der Waals surface area contributed by atoms with E-state index in [0.717, 1.165) is 11.1 Å². The lowest BCUT2D eigenvalue weighted by Gasteiger charge is -2.61. The van der Waals surface area contributed by atoms with Crippen LogP contribution in [0, 0.1) is 28.6 Å². The monoisotopic (exact) mass is 562 g/mol. The summed E-state index contributed by atoms with van der Waals surface area (Å²) in [6.45, 7) is 19.6. The number of aliphatic hydroxyl groups is 1. The molecule has 0 aromatic carbocycles. The van der Waals surface area contributed by atoms with Crippen molar-refractivity contribution >= 4 is 23.9 Å². The molecule has 0 saturated heterocycles. The van der Waals surface area contributed by atoms with E-state index >= 15 is 0 Å². The quantitative estimate of drug-likeness (QED) is 0.284. The third-order valence-corrected chi connectivity index (χ3v) is 9.60. The smallest absolute Gasteiger partial charge is 0.308 e. The Hall–Kier alpha value is -2.68. The Labute approximate surface area is 237 Å². The molecule has 9 heteroatoms. The molecule has 2 bridgehead atoms. The van der Waals surface area contributed by atoms with Crippen molar-refractivity contribution in [2.45, 2.75) is 119 Å². The second-order valence-electron chi connectivity index (χ2n) is 12.6.